The summed E-state index contributed by atoms with van der Waals surface area (Å²) in [5.41, 5.74) is 0. The number of phosphoric acid groups is 1. The van der Waals surface area contributed by atoms with Crippen LogP contribution in [0.3, 0.4) is 0 Å². The molecule has 4 nitrogen and oxygen atoms in total. The average molecular weight is 407 g/mol. The molecule has 0 aliphatic rings. The summed E-state index contributed by atoms with van der Waals surface area (Å²) in [7, 11) is -4.35. The van der Waals surface area contributed by atoms with E-state index in [1.165, 1.54) is 83.5 Å². The maximum atomic E-state index is 11.0. The van der Waals surface area contributed by atoms with E-state index in [9.17, 15) is 4.57 Å². The van der Waals surface area contributed by atoms with Crippen molar-refractivity contribution >= 4 is 7.82 Å². The van der Waals surface area contributed by atoms with Crippen molar-refractivity contribution in [2.24, 2.45) is 0 Å². The van der Waals surface area contributed by atoms with Gasteiger partial charge < -0.3 is 9.79 Å². The van der Waals surface area contributed by atoms with Gasteiger partial charge in [0.15, 0.2) is 0 Å². The van der Waals surface area contributed by atoms with Crippen LogP contribution in [0.5, 0.6) is 0 Å². The van der Waals surface area contributed by atoms with Gasteiger partial charge in [-0.3, -0.25) is 4.52 Å². The van der Waals surface area contributed by atoms with Gasteiger partial charge in [0.05, 0.1) is 6.10 Å². The standard InChI is InChI=1S/C22H47O4P/c1-3-5-7-8-9-10-11-12-13-14-15-16-17-18-19-21-22(20-6-4-2)26-27(23,24)25/h22H,3-21H2,1-2H3,(H2,23,24,25). The monoisotopic (exact) mass is 406 g/mol. The third-order valence-electron chi connectivity index (χ3n) is 5.30. The van der Waals surface area contributed by atoms with E-state index in [1.54, 1.807) is 0 Å². The quantitative estimate of drug-likeness (QED) is 0.150. The SMILES string of the molecule is CCCCCCCCCCCCCCCCCC(CCCC)OP(=O)(O)O. The average Bonchev–Trinajstić information content (AvgIpc) is 2.61. The summed E-state index contributed by atoms with van der Waals surface area (Å²) in [6, 6.07) is 0. The lowest BCUT2D eigenvalue weighted by Crippen LogP contribution is -2.11. The van der Waals surface area contributed by atoms with Crippen LogP contribution < -0.4 is 0 Å². The molecule has 0 aromatic heterocycles. The van der Waals surface area contributed by atoms with Gasteiger partial charge in [-0.25, -0.2) is 4.57 Å². The van der Waals surface area contributed by atoms with E-state index in [1.807, 2.05) is 0 Å². The van der Waals surface area contributed by atoms with Gasteiger partial charge in [-0.2, -0.15) is 0 Å². The van der Waals surface area contributed by atoms with Crippen LogP contribution in [0, 0.1) is 0 Å². The second kappa shape index (κ2) is 19.4. The molecule has 5 heteroatoms. The highest BCUT2D eigenvalue weighted by molar-refractivity contribution is 7.46. The van der Waals surface area contributed by atoms with Gasteiger partial charge in [-0.1, -0.05) is 123 Å². The Morgan fingerprint density at radius 2 is 0.926 bits per heavy atom. The third-order valence-corrected chi connectivity index (χ3v) is 5.87. The van der Waals surface area contributed by atoms with E-state index in [2.05, 4.69) is 13.8 Å². The predicted octanol–water partition coefficient (Wildman–Crippen LogP) is 7.92. The van der Waals surface area contributed by atoms with Gasteiger partial charge in [-0.15, -0.1) is 0 Å². The molecule has 27 heavy (non-hydrogen) atoms. The molecule has 0 fully saturated rings. The minimum absolute atomic E-state index is 0.284. The topological polar surface area (TPSA) is 66.8 Å². The molecule has 0 saturated heterocycles. The number of hydrogen-bond donors (Lipinski definition) is 2. The molecule has 0 aliphatic carbocycles. The fourth-order valence-corrected chi connectivity index (χ4v) is 4.22. The van der Waals surface area contributed by atoms with E-state index in [0.717, 1.165) is 38.5 Å². The molecule has 0 saturated carbocycles. The van der Waals surface area contributed by atoms with E-state index >= 15 is 0 Å². The first-order chi connectivity index (χ1) is 13.0. The van der Waals surface area contributed by atoms with Gasteiger partial charge in [0, 0.05) is 0 Å². The van der Waals surface area contributed by atoms with Crippen molar-refractivity contribution in [3.8, 4) is 0 Å². The molecular weight excluding hydrogens is 359 g/mol. The summed E-state index contributed by atoms with van der Waals surface area (Å²) in [4.78, 5) is 18.0. The molecule has 2 N–H and O–H groups in total. The Balaban J connectivity index is 3.40. The summed E-state index contributed by atoms with van der Waals surface area (Å²) in [5, 5.41) is 0. The summed E-state index contributed by atoms with van der Waals surface area (Å²) in [5.74, 6) is 0. The molecule has 0 aromatic rings. The lowest BCUT2D eigenvalue weighted by molar-refractivity contribution is 0.116. The fraction of sp³-hybridized carbons (Fsp3) is 1.00. The smallest absolute Gasteiger partial charge is 0.303 e. The van der Waals surface area contributed by atoms with Crippen LogP contribution in [0.4, 0.5) is 0 Å². The van der Waals surface area contributed by atoms with E-state index < -0.39 is 7.82 Å². The van der Waals surface area contributed by atoms with Crippen LogP contribution in [-0.4, -0.2) is 15.9 Å². The largest absolute Gasteiger partial charge is 0.469 e. The Bertz CT molecular complexity index is 343. The van der Waals surface area contributed by atoms with Crippen molar-refractivity contribution in [1.82, 2.24) is 0 Å². The Kier molecular flexibility index (Phi) is 19.5. The first kappa shape index (κ1) is 27.1. The molecule has 0 amide bonds. The van der Waals surface area contributed by atoms with Gasteiger partial charge in [0.25, 0.3) is 0 Å². The Morgan fingerprint density at radius 3 is 1.30 bits per heavy atom. The lowest BCUT2D eigenvalue weighted by Gasteiger charge is -2.17. The molecule has 164 valence electrons. The maximum absolute atomic E-state index is 11.0. The van der Waals surface area contributed by atoms with Crippen molar-refractivity contribution in [1.29, 1.82) is 0 Å². The molecule has 0 rings (SSSR count). The van der Waals surface area contributed by atoms with Crippen LogP contribution in [-0.2, 0) is 9.09 Å². The molecule has 0 radical (unpaired) electrons. The molecule has 0 bridgehead atoms. The fourth-order valence-electron chi connectivity index (χ4n) is 3.62. The van der Waals surface area contributed by atoms with Crippen LogP contribution in [0.25, 0.3) is 0 Å². The van der Waals surface area contributed by atoms with Crippen molar-refractivity contribution in [2.75, 3.05) is 0 Å². The molecule has 1 unspecified atom stereocenters. The third kappa shape index (κ3) is 22.3. The second-order valence-corrected chi connectivity index (χ2v) is 9.29. The molecule has 0 heterocycles. The Labute approximate surface area is 169 Å². The van der Waals surface area contributed by atoms with Crippen molar-refractivity contribution in [2.45, 2.75) is 142 Å². The highest BCUT2D eigenvalue weighted by atomic mass is 31.2. The van der Waals surface area contributed by atoms with E-state index in [0.29, 0.717) is 0 Å². The highest BCUT2D eigenvalue weighted by Crippen LogP contribution is 2.39. The molecular formula is C22H47O4P. The molecule has 0 spiro atoms. The van der Waals surface area contributed by atoms with Gasteiger partial charge in [0.2, 0.25) is 0 Å². The first-order valence-corrected chi connectivity index (χ1v) is 13.3. The number of hydrogen-bond acceptors (Lipinski definition) is 2. The zero-order chi connectivity index (χ0) is 20.2. The number of rotatable bonds is 21. The lowest BCUT2D eigenvalue weighted by atomic mass is 10.0. The second-order valence-electron chi connectivity index (χ2n) is 8.10. The maximum Gasteiger partial charge on any atom is 0.469 e. The van der Waals surface area contributed by atoms with E-state index in [-0.39, 0.29) is 6.10 Å². The predicted molar refractivity (Wildman–Crippen MR) is 116 cm³/mol. The van der Waals surface area contributed by atoms with Gasteiger partial charge in [0.1, 0.15) is 0 Å². The normalized spacial score (nSPS) is 13.2. The minimum Gasteiger partial charge on any atom is -0.303 e. The first-order valence-electron chi connectivity index (χ1n) is 11.7. The zero-order valence-corrected chi connectivity index (χ0v) is 19.1. The summed E-state index contributed by atoms with van der Waals surface area (Å²) in [6.45, 7) is 4.35. The molecule has 1 atom stereocenters. The van der Waals surface area contributed by atoms with Gasteiger partial charge in [-0.05, 0) is 12.8 Å². The van der Waals surface area contributed by atoms with Crippen molar-refractivity contribution < 1.29 is 18.9 Å². The Hall–Kier alpha value is 0.110. The zero-order valence-electron chi connectivity index (χ0n) is 18.2. The van der Waals surface area contributed by atoms with Crippen LogP contribution in [0.2, 0.25) is 0 Å². The molecule has 0 aliphatic heterocycles. The molecule has 0 aromatic carbocycles. The highest BCUT2D eigenvalue weighted by Gasteiger charge is 2.21. The minimum atomic E-state index is -4.35. The Morgan fingerprint density at radius 1 is 0.593 bits per heavy atom. The van der Waals surface area contributed by atoms with Crippen LogP contribution in [0.15, 0.2) is 0 Å². The van der Waals surface area contributed by atoms with Crippen LogP contribution >= 0.6 is 7.82 Å². The van der Waals surface area contributed by atoms with Crippen molar-refractivity contribution in [3.63, 3.8) is 0 Å². The van der Waals surface area contributed by atoms with Crippen molar-refractivity contribution in [3.05, 3.63) is 0 Å². The summed E-state index contributed by atoms with van der Waals surface area (Å²) < 4.78 is 16.0. The van der Waals surface area contributed by atoms with E-state index in [4.69, 9.17) is 14.3 Å². The number of phosphoric ester groups is 1. The van der Waals surface area contributed by atoms with Gasteiger partial charge >= 0.3 is 7.82 Å². The summed E-state index contributed by atoms with van der Waals surface area (Å²) >= 11 is 0. The summed E-state index contributed by atoms with van der Waals surface area (Å²) in [6.07, 6.45) is 23.2. The van der Waals surface area contributed by atoms with Crippen LogP contribution in [0.1, 0.15) is 136 Å². The number of unbranched alkanes of at least 4 members (excludes halogenated alkanes) is 15.